The topological polar surface area (TPSA) is 0 Å². The second-order valence-corrected chi connectivity index (χ2v) is 4.54. The second kappa shape index (κ2) is 3.37. The standard InChI is InChI=1S/C13H18/c1-6-11-8-7-10(2)9-12(11)13(3,4)5/h6-9H,1H2,2-5H3. The third-order valence-corrected chi connectivity index (χ3v) is 2.24. The van der Waals surface area contributed by atoms with Gasteiger partial charge in [-0.3, -0.25) is 0 Å². The Hall–Kier alpha value is -1.04. The largest absolute Gasteiger partial charge is 0.0985 e. The molecule has 1 aromatic carbocycles. The van der Waals surface area contributed by atoms with Gasteiger partial charge >= 0.3 is 0 Å². The molecule has 0 fully saturated rings. The van der Waals surface area contributed by atoms with Crippen LogP contribution in [0.5, 0.6) is 0 Å². The molecule has 1 aromatic rings. The number of aryl methyl sites for hydroxylation is 1. The van der Waals surface area contributed by atoms with Gasteiger partial charge < -0.3 is 0 Å². The van der Waals surface area contributed by atoms with Gasteiger partial charge in [-0.05, 0) is 23.5 Å². The maximum Gasteiger partial charge on any atom is -0.0126 e. The first kappa shape index (κ1) is 10.0. The highest BCUT2D eigenvalue weighted by atomic mass is 14.2. The van der Waals surface area contributed by atoms with E-state index >= 15 is 0 Å². The molecule has 0 atom stereocenters. The highest BCUT2D eigenvalue weighted by Crippen LogP contribution is 2.27. The van der Waals surface area contributed by atoms with E-state index in [-0.39, 0.29) is 5.41 Å². The monoisotopic (exact) mass is 174 g/mol. The summed E-state index contributed by atoms with van der Waals surface area (Å²) in [5.41, 5.74) is 4.14. The fourth-order valence-electron chi connectivity index (χ4n) is 1.50. The van der Waals surface area contributed by atoms with Crippen molar-refractivity contribution in [2.75, 3.05) is 0 Å². The maximum atomic E-state index is 3.83. The zero-order valence-corrected chi connectivity index (χ0v) is 9.02. The molecule has 0 radical (unpaired) electrons. The van der Waals surface area contributed by atoms with Crippen molar-refractivity contribution in [3.63, 3.8) is 0 Å². The van der Waals surface area contributed by atoms with Crippen molar-refractivity contribution < 1.29 is 0 Å². The Labute approximate surface area is 81.3 Å². The van der Waals surface area contributed by atoms with E-state index in [0.29, 0.717) is 0 Å². The summed E-state index contributed by atoms with van der Waals surface area (Å²) >= 11 is 0. The van der Waals surface area contributed by atoms with Crippen LogP contribution in [0.25, 0.3) is 6.08 Å². The van der Waals surface area contributed by atoms with Crippen LogP contribution in [0.15, 0.2) is 24.8 Å². The summed E-state index contributed by atoms with van der Waals surface area (Å²) in [5.74, 6) is 0. The lowest BCUT2D eigenvalue weighted by molar-refractivity contribution is 0.588. The molecule has 0 aliphatic heterocycles. The summed E-state index contributed by atoms with van der Waals surface area (Å²) in [4.78, 5) is 0. The van der Waals surface area contributed by atoms with Crippen LogP contribution in [-0.2, 0) is 5.41 Å². The van der Waals surface area contributed by atoms with Gasteiger partial charge in [0.2, 0.25) is 0 Å². The Balaban J connectivity index is 3.32. The van der Waals surface area contributed by atoms with E-state index in [4.69, 9.17) is 0 Å². The molecule has 0 heterocycles. The highest BCUT2D eigenvalue weighted by Gasteiger charge is 2.16. The minimum atomic E-state index is 0.204. The molecular weight excluding hydrogens is 156 g/mol. The van der Waals surface area contributed by atoms with Crippen LogP contribution in [0.4, 0.5) is 0 Å². The van der Waals surface area contributed by atoms with E-state index in [1.165, 1.54) is 16.7 Å². The lowest BCUT2D eigenvalue weighted by Gasteiger charge is -2.22. The van der Waals surface area contributed by atoms with Crippen molar-refractivity contribution in [1.29, 1.82) is 0 Å². The Morgan fingerprint density at radius 1 is 1.23 bits per heavy atom. The lowest BCUT2D eigenvalue weighted by Crippen LogP contribution is -2.13. The average molecular weight is 174 g/mol. The second-order valence-electron chi connectivity index (χ2n) is 4.54. The Kier molecular flexibility index (Phi) is 2.60. The van der Waals surface area contributed by atoms with Crippen LogP contribution in [0.2, 0.25) is 0 Å². The molecule has 70 valence electrons. The van der Waals surface area contributed by atoms with Crippen LogP contribution in [0.1, 0.15) is 37.5 Å². The molecule has 0 bridgehead atoms. The number of hydrogen-bond acceptors (Lipinski definition) is 0. The van der Waals surface area contributed by atoms with Crippen molar-refractivity contribution in [2.45, 2.75) is 33.1 Å². The van der Waals surface area contributed by atoms with Crippen LogP contribution in [0.3, 0.4) is 0 Å². The minimum Gasteiger partial charge on any atom is -0.0985 e. The molecule has 13 heavy (non-hydrogen) atoms. The number of hydrogen-bond donors (Lipinski definition) is 0. The van der Waals surface area contributed by atoms with Crippen molar-refractivity contribution in [3.05, 3.63) is 41.5 Å². The van der Waals surface area contributed by atoms with E-state index in [1.807, 2.05) is 6.08 Å². The molecule has 0 amide bonds. The molecule has 0 aliphatic rings. The number of rotatable bonds is 1. The Morgan fingerprint density at radius 2 is 1.85 bits per heavy atom. The molecule has 0 N–H and O–H groups in total. The first-order valence-corrected chi connectivity index (χ1v) is 4.68. The average Bonchev–Trinajstić information content (AvgIpc) is 2.03. The summed E-state index contributed by atoms with van der Waals surface area (Å²) < 4.78 is 0. The van der Waals surface area contributed by atoms with Gasteiger partial charge in [-0.1, -0.05) is 57.2 Å². The van der Waals surface area contributed by atoms with Crippen LogP contribution in [-0.4, -0.2) is 0 Å². The predicted octanol–water partition coefficient (Wildman–Crippen LogP) is 3.94. The van der Waals surface area contributed by atoms with E-state index in [1.54, 1.807) is 0 Å². The van der Waals surface area contributed by atoms with Crippen LogP contribution >= 0.6 is 0 Å². The summed E-state index contributed by atoms with van der Waals surface area (Å²) in [6.07, 6.45) is 1.93. The van der Waals surface area contributed by atoms with Gasteiger partial charge in [-0.25, -0.2) is 0 Å². The van der Waals surface area contributed by atoms with Gasteiger partial charge in [0.1, 0.15) is 0 Å². The van der Waals surface area contributed by atoms with E-state index in [0.717, 1.165) is 0 Å². The summed E-state index contributed by atoms with van der Waals surface area (Å²) in [7, 11) is 0. The van der Waals surface area contributed by atoms with Crippen molar-refractivity contribution >= 4 is 6.08 Å². The third-order valence-electron chi connectivity index (χ3n) is 2.24. The summed E-state index contributed by atoms with van der Waals surface area (Å²) in [5, 5.41) is 0. The molecule has 0 aliphatic carbocycles. The molecule has 1 rings (SSSR count). The molecule has 0 spiro atoms. The molecule has 0 saturated heterocycles. The Morgan fingerprint density at radius 3 is 2.31 bits per heavy atom. The molecule has 0 saturated carbocycles. The van der Waals surface area contributed by atoms with Crippen LogP contribution in [0, 0.1) is 6.92 Å². The van der Waals surface area contributed by atoms with E-state index in [9.17, 15) is 0 Å². The highest BCUT2D eigenvalue weighted by molar-refractivity contribution is 5.54. The smallest absolute Gasteiger partial charge is 0.0126 e. The van der Waals surface area contributed by atoms with Gasteiger partial charge in [0.05, 0.1) is 0 Å². The first-order chi connectivity index (χ1) is 5.95. The van der Waals surface area contributed by atoms with Crippen molar-refractivity contribution in [1.82, 2.24) is 0 Å². The SMILES string of the molecule is C=Cc1ccc(C)cc1C(C)(C)C. The third kappa shape index (κ3) is 2.21. The van der Waals surface area contributed by atoms with Gasteiger partial charge in [0.25, 0.3) is 0 Å². The van der Waals surface area contributed by atoms with E-state index in [2.05, 4.69) is 52.5 Å². The quantitative estimate of drug-likeness (QED) is 0.605. The lowest BCUT2D eigenvalue weighted by atomic mass is 9.83. The maximum absolute atomic E-state index is 3.83. The fraction of sp³-hybridized carbons (Fsp3) is 0.385. The van der Waals surface area contributed by atoms with Gasteiger partial charge in [-0.15, -0.1) is 0 Å². The first-order valence-electron chi connectivity index (χ1n) is 4.68. The number of benzene rings is 1. The Bertz CT molecular complexity index is 313. The van der Waals surface area contributed by atoms with Gasteiger partial charge in [-0.2, -0.15) is 0 Å². The fourth-order valence-corrected chi connectivity index (χ4v) is 1.50. The normalized spacial score (nSPS) is 11.4. The zero-order chi connectivity index (χ0) is 10.1. The molecule has 0 unspecified atom stereocenters. The van der Waals surface area contributed by atoms with Gasteiger partial charge in [0.15, 0.2) is 0 Å². The van der Waals surface area contributed by atoms with Gasteiger partial charge in [0, 0.05) is 0 Å². The van der Waals surface area contributed by atoms with Crippen molar-refractivity contribution in [3.8, 4) is 0 Å². The molecule has 0 aromatic heterocycles. The summed E-state index contributed by atoms with van der Waals surface area (Å²) in [6, 6.07) is 6.52. The zero-order valence-electron chi connectivity index (χ0n) is 9.02. The van der Waals surface area contributed by atoms with Crippen molar-refractivity contribution in [2.24, 2.45) is 0 Å². The van der Waals surface area contributed by atoms with E-state index < -0.39 is 0 Å². The minimum absolute atomic E-state index is 0.204. The predicted molar refractivity (Wildman–Crippen MR) is 60.0 cm³/mol. The molecular formula is C13H18. The molecule has 0 heteroatoms. The summed E-state index contributed by atoms with van der Waals surface area (Å²) in [6.45, 7) is 12.7. The molecule has 0 nitrogen and oxygen atoms in total. The van der Waals surface area contributed by atoms with Crippen LogP contribution < -0.4 is 0 Å².